The van der Waals surface area contributed by atoms with Crippen LogP contribution in [-0.4, -0.2) is 35.9 Å². The predicted molar refractivity (Wildman–Crippen MR) is 141 cm³/mol. The summed E-state index contributed by atoms with van der Waals surface area (Å²) in [4.78, 5) is 28.5. The molecule has 0 heterocycles. The number of aryl methyl sites for hydroxylation is 1. The Morgan fingerprint density at radius 3 is 2.29 bits per heavy atom. The maximum absolute atomic E-state index is 13.5. The van der Waals surface area contributed by atoms with Crippen LogP contribution in [0.15, 0.2) is 78.9 Å². The third-order valence-corrected chi connectivity index (χ3v) is 6.00. The molecule has 0 aliphatic carbocycles. The third kappa shape index (κ3) is 8.45. The normalized spacial score (nSPS) is 11.5. The van der Waals surface area contributed by atoms with Gasteiger partial charge in [0, 0.05) is 24.5 Å². The number of rotatable bonds is 12. The first-order valence-corrected chi connectivity index (χ1v) is 12.4. The summed E-state index contributed by atoms with van der Waals surface area (Å²) in [6.07, 6.45) is 2.28. The van der Waals surface area contributed by atoms with E-state index in [0.29, 0.717) is 30.3 Å². The SMILES string of the molecule is CCCCNC(=O)[C@H](Cc1ccccc1)N(Cc1ccc(C)cc1)C(=O)COc1ccc(Cl)cc1. The van der Waals surface area contributed by atoms with Crippen LogP contribution in [0.5, 0.6) is 5.75 Å². The van der Waals surface area contributed by atoms with Crippen molar-refractivity contribution >= 4 is 23.4 Å². The van der Waals surface area contributed by atoms with Gasteiger partial charge in [-0.3, -0.25) is 9.59 Å². The van der Waals surface area contributed by atoms with Crippen LogP contribution in [0.1, 0.15) is 36.5 Å². The minimum atomic E-state index is -0.670. The standard InChI is InChI=1S/C29H33ClN2O3/c1-3-4-18-31-29(34)27(19-23-8-6-5-7-9-23)32(20-24-12-10-22(2)11-13-24)28(33)21-35-26-16-14-25(30)15-17-26/h5-17,27H,3-4,18-21H2,1-2H3,(H,31,34)/t27-/m0/s1. The van der Waals surface area contributed by atoms with E-state index >= 15 is 0 Å². The Hall–Kier alpha value is -3.31. The first-order valence-electron chi connectivity index (χ1n) is 12.0. The lowest BCUT2D eigenvalue weighted by Gasteiger charge is -2.31. The molecule has 1 N–H and O–H groups in total. The molecule has 0 saturated carbocycles. The van der Waals surface area contributed by atoms with Gasteiger partial charge < -0.3 is 15.0 Å². The highest BCUT2D eigenvalue weighted by molar-refractivity contribution is 6.30. The van der Waals surface area contributed by atoms with Crippen LogP contribution < -0.4 is 10.1 Å². The van der Waals surface area contributed by atoms with Gasteiger partial charge in [0.05, 0.1) is 0 Å². The number of halogens is 1. The second kappa shape index (κ2) is 13.5. The smallest absolute Gasteiger partial charge is 0.261 e. The molecule has 0 aromatic heterocycles. The molecule has 1 atom stereocenters. The fourth-order valence-corrected chi connectivity index (χ4v) is 3.84. The highest BCUT2D eigenvalue weighted by atomic mass is 35.5. The van der Waals surface area contributed by atoms with E-state index in [1.807, 2.05) is 61.5 Å². The van der Waals surface area contributed by atoms with Crippen LogP contribution in [0.3, 0.4) is 0 Å². The molecule has 3 aromatic rings. The minimum Gasteiger partial charge on any atom is -0.484 e. The summed E-state index contributed by atoms with van der Waals surface area (Å²) >= 11 is 5.96. The van der Waals surface area contributed by atoms with Gasteiger partial charge in [0.2, 0.25) is 5.91 Å². The zero-order valence-corrected chi connectivity index (χ0v) is 21.1. The van der Waals surface area contributed by atoms with Gasteiger partial charge in [0.15, 0.2) is 6.61 Å². The second-order valence-electron chi connectivity index (χ2n) is 8.60. The Labute approximate surface area is 213 Å². The molecule has 5 nitrogen and oxygen atoms in total. The molecule has 0 aliphatic rings. The lowest BCUT2D eigenvalue weighted by molar-refractivity contribution is -0.142. The fraction of sp³-hybridized carbons (Fsp3) is 0.310. The van der Waals surface area contributed by atoms with Crippen LogP contribution in [0.4, 0.5) is 0 Å². The van der Waals surface area contributed by atoms with E-state index in [2.05, 4.69) is 12.2 Å². The van der Waals surface area contributed by atoms with E-state index in [4.69, 9.17) is 16.3 Å². The van der Waals surface area contributed by atoms with Gasteiger partial charge in [0.1, 0.15) is 11.8 Å². The van der Waals surface area contributed by atoms with E-state index < -0.39 is 6.04 Å². The average Bonchev–Trinajstić information content (AvgIpc) is 2.87. The van der Waals surface area contributed by atoms with Crippen LogP contribution >= 0.6 is 11.6 Å². The zero-order chi connectivity index (χ0) is 25.0. The van der Waals surface area contributed by atoms with Gasteiger partial charge >= 0.3 is 0 Å². The molecule has 35 heavy (non-hydrogen) atoms. The van der Waals surface area contributed by atoms with E-state index in [1.165, 1.54) is 0 Å². The number of unbranched alkanes of at least 4 members (excludes halogenated alkanes) is 1. The van der Waals surface area contributed by atoms with Crippen LogP contribution in [-0.2, 0) is 22.6 Å². The number of hydrogen-bond acceptors (Lipinski definition) is 3. The van der Waals surface area contributed by atoms with Gasteiger partial charge in [-0.2, -0.15) is 0 Å². The van der Waals surface area contributed by atoms with Crippen molar-refractivity contribution < 1.29 is 14.3 Å². The fourth-order valence-electron chi connectivity index (χ4n) is 3.71. The van der Waals surface area contributed by atoms with Crippen molar-refractivity contribution in [2.75, 3.05) is 13.2 Å². The maximum Gasteiger partial charge on any atom is 0.261 e. The molecule has 3 aromatic carbocycles. The van der Waals surface area contributed by atoms with E-state index in [-0.39, 0.29) is 18.4 Å². The predicted octanol–water partition coefficient (Wildman–Crippen LogP) is 5.58. The van der Waals surface area contributed by atoms with Crippen molar-refractivity contribution in [2.45, 2.75) is 45.7 Å². The molecule has 0 spiro atoms. The summed E-state index contributed by atoms with van der Waals surface area (Å²) in [6.45, 7) is 4.80. The van der Waals surface area contributed by atoms with Gasteiger partial charge in [-0.15, -0.1) is 0 Å². The molecular formula is C29H33ClN2O3. The topological polar surface area (TPSA) is 58.6 Å². The second-order valence-corrected chi connectivity index (χ2v) is 9.04. The Balaban J connectivity index is 1.86. The summed E-state index contributed by atoms with van der Waals surface area (Å²) in [5.41, 5.74) is 3.08. The minimum absolute atomic E-state index is 0.158. The van der Waals surface area contributed by atoms with Gasteiger partial charge in [-0.1, -0.05) is 85.1 Å². The molecule has 0 aliphatic heterocycles. The zero-order valence-electron chi connectivity index (χ0n) is 20.4. The number of carbonyl (C=O) groups is 2. The Bertz CT molecular complexity index is 1070. The van der Waals surface area contributed by atoms with Crippen molar-refractivity contribution in [3.63, 3.8) is 0 Å². The summed E-state index contributed by atoms with van der Waals surface area (Å²) in [5.74, 6) is 0.131. The molecule has 0 unspecified atom stereocenters. The molecule has 0 saturated heterocycles. The Kier molecular flexibility index (Phi) is 10.2. The van der Waals surface area contributed by atoms with Crippen molar-refractivity contribution in [2.24, 2.45) is 0 Å². The molecule has 3 rings (SSSR count). The van der Waals surface area contributed by atoms with Gasteiger partial charge in [-0.05, 0) is 48.7 Å². The Morgan fingerprint density at radius 2 is 1.63 bits per heavy atom. The number of nitrogens with one attached hydrogen (secondary N) is 1. The number of nitrogens with zero attached hydrogens (tertiary/aromatic N) is 1. The van der Waals surface area contributed by atoms with Crippen molar-refractivity contribution in [3.8, 4) is 5.75 Å². The number of ether oxygens (including phenoxy) is 1. The largest absolute Gasteiger partial charge is 0.484 e. The van der Waals surface area contributed by atoms with Crippen LogP contribution in [0, 0.1) is 6.92 Å². The molecule has 0 fully saturated rings. The lowest BCUT2D eigenvalue weighted by atomic mass is 10.0. The van der Waals surface area contributed by atoms with Crippen molar-refractivity contribution in [1.82, 2.24) is 10.2 Å². The molecule has 0 bridgehead atoms. The molecule has 184 valence electrons. The highest BCUT2D eigenvalue weighted by Gasteiger charge is 2.30. The summed E-state index contributed by atoms with van der Waals surface area (Å²) in [6, 6.07) is 24.0. The third-order valence-electron chi connectivity index (χ3n) is 5.75. The molecule has 2 amide bonds. The van der Waals surface area contributed by atoms with Crippen LogP contribution in [0.25, 0.3) is 0 Å². The van der Waals surface area contributed by atoms with E-state index in [0.717, 1.165) is 29.5 Å². The van der Waals surface area contributed by atoms with Crippen LogP contribution in [0.2, 0.25) is 5.02 Å². The lowest BCUT2D eigenvalue weighted by Crippen LogP contribution is -2.51. The number of benzene rings is 3. The van der Waals surface area contributed by atoms with Gasteiger partial charge in [0.25, 0.3) is 5.91 Å². The number of amides is 2. The molecule has 6 heteroatoms. The van der Waals surface area contributed by atoms with E-state index in [9.17, 15) is 9.59 Å². The summed E-state index contributed by atoms with van der Waals surface area (Å²) in [7, 11) is 0. The maximum atomic E-state index is 13.5. The molecule has 0 radical (unpaired) electrons. The first-order chi connectivity index (χ1) is 17.0. The summed E-state index contributed by atoms with van der Waals surface area (Å²) in [5, 5.41) is 3.62. The number of hydrogen-bond donors (Lipinski definition) is 1. The Morgan fingerprint density at radius 1 is 0.943 bits per heavy atom. The monoisotopic (exact) mass is 492 g/mol. The highest BCUT2D eigenvalue weighted by Crippen LogP contribution is 2.18. The molecular weight excluding hydrogens is 460 g/mol. The quantitative estimate of drug-likeness (QED) is 0.335. The van der Waals surface area contributed by atoms with Crippen molar-refractivity contribution in [3.05, 3.63) is 101 Å². The van der Waals surface area contributed by atoms with E-state index in [1.54, 1.807) is 29.2 Å². The van der Waals surface area contributed by atoms with Crippen molar-refractivity contribution in [1.29, 1.82) is 0 Å². The average molecular weight is 493 g/mol. The van der Waals surface area contributed by atoms with Gasteiger partial charge in [-0.25, -0.2) is 0 Å². The first kappa shape index (κ1) is 26.3. The number of carbonyl (C=O) groups excluding carboxylic acids is 2. The summed E-state index contributed by atoms with van der Waals surface area (Å²) < 4.78 is 5.76.